The molecule has 2 heterocycles. The largest absolute Gasteiger partial charge is 0.469 e. The third-order valence-electron chi connectivity index (χ3n) is 2.95. The molecular weight excluding hydrogens is 208 g/mol. The Kier molecular flexibility index (Phi) is 3.72. The minimum atomic E-state index is 0.175. The molecule has 1 aliphatic rings. The molecule has 1 fully saturated rings. The van der Waals surface area contributed by atoms with Crippen LogP contribution in [-0.4, -0.2) is 42.1 Å². The van der Waals surface area contributed by atoms with Gasteiger partial charge in [-0.25, -0.2) is 0 Å². The molecule has 15 heavy (non-hydrogen) atoms. The molecule has 0 aromatic carbocycles. The Balaban J connectivity index is 1.91. The van der Waals surface area contributed by atoms with Gasteiger partial charge in [-0.3, -0.25) is 0 Å². The molecule has 0 saturated carbocycles. The second-order valence-electron chi connectivity index (χ2n) is 4.07. The topological polar surface area (TPSA) is 42.4 Å². The molecule has 0 amide bonds. The van der Waals surface area contributed by atoms with E-state index in [1.807, 2.05) is 23.9 Å². The van der Waals surface area contributed by atoms with Crippen molar-refractivity contribution in [2.45, 2.75) is 18.5 Å². The van der Waals surface area contributed by atoms with Crippen LogP contribution in [0.1, 0.15) is 5.76 Å². The highest BCUT2D eigenvalue weighted by Crippen LogP contribution is 2.18. The minimum absolute atomic E-state index is 0.175. The molecule has 3 nitrogen and oxygen atoms in total. The second-order valence-corrected chi connectivity index (χ2v) is 5.22. The van der Waals surface area contributed by atoms with Crippen LogP contribution in [0.25, 0.3) is 0 Å². The zero-order chi connectivity index (χ0) is 10.7. The van der Waals surface area contributed by atoms with Crippen LogP contribution < -0.4 is 5.73 Å². The highest BCUT2D eigenvalue weighted by molar-refractivity contribution is 7.99. The summed E-state index contributed by atoms with van der Waals surface area (Å²) in [5, 5.41) is 0. The van der Waals surface area contributed by atoms with E-state index in [9.17, 15) is 0 Å². The fourth-order valence-electron chi connectivity index (χ4n) is 1.95. The van der Waals surface area contributed by atoms with E-state index in [-0.39, 0.29) is 6.04 Å². The van der Waals surface area contributed by atoms with Crippen LogP contribution in [0.3, 0.4) is 0 Å². The number of hydrogen-bond acceptors (Lipinski definition) is 4. The van der Waals surface area contributed by atoms with Crippen molar-refractivity contribution in [2.24, 2.45) is 5.73 Å². The SMILES string of the molecule is CN1CCSCC1C(N)Cc1ccco1. The lowest BCUT2D eigenvalue weighted by atomic mass is 10.0. The fourth-order valence-corrected chi connectivity index (χ4v) is 3.28. The number of thioether (sulfide) groups is 1. The van der Waals surface area contributed by atoms with Gasteiger partial charge in [0, 0.05) is 36.6 Å². The van der Waals surface area contributed by atoms with Crippen LogP contribution in [0.15, 0.2) is 22.8 Å². The Bertz CT molecular complexity index is 289. The van der Waals surface area contributed by atoms with Gasteiger partial charge in [0.2, 0.25) is 0 Å². The Morgan fingerprint density at radius 3 is 3.27 bits per heavy atom. The third-order valence-corrected chi connectivity index (χ3v) is 4.00. The van der Waals surface area contributed by atoms with Gasteiger partial charge in [0.1, 0.15) is 5.76 Å². The predicted octanol–water partition coefficient (Wildman–Crippen LogP) is 1.20. The Hall–Kier alpha value is -0.450. The van der Waals surface area contributed by atoms with Crippen LogP contribution in [0, 0.1) is 0 Å². The van der Waals surface area contributed by atoms with E-state index in [1.165, 1.54) is 5.75 Å². The van der Waals surface area contributed by atoms with Crippen LogP contribution in [0.2, 0.25) is 0 Å². The quantitative estimate of drug-likeness (QED) is 0.841. The van der Waals surface area contributed by atoms with E-state index in [4.69, 9.17) is 10.2 Å². The fraction of sp³-hybridized carbons (Fsp3) is 0.636. The van der Waals surface area contributed by atoms with Gasteiger partial charge < -0.3 is 15.1 Å². The first kappa shape index (κ1) is 11.0. The predicted molar refractivity (Wildman–Crippen MR) is 64.1 cm³/mol. The average molecular weight is 226 g/mol. The lowest BCUT2D eigenvalue weighted by Crippen LogP contribution is -2.51. The van der Waals surface area contributed by atoms with Gasteiger partial charge in [-0.05, 0) is 19.2 Å². The summed E-state index contributed by atoms with van der Waals surface area (Å²) in [5.41, 5.74) is 6.22. The third kappa shape index (κ3) is 2.77. The number of likely N-dealkylation sites (N-methyl/N-ethyl adjacent to an activating group) is 1. The van der Waals surface area contributed by atoms with Crippen LogP contribution in [0.5, 0.6) is 0 Å². The summed E-state index contributed by atoms with van der Waals surface area (Å²) in [4.78, 5) is 2.37. The molecule has 2 atom stereocenters. The standard InChI is InChI=1S/C11H18N2OS/c1-13-4-6-15-8-11(13)10(12)7-9-3-2-5-14-9/h2-3,5,10-11H,4,6-8,12H2,1H3. The number of hydrogen-bond donors (Lipinski definition) is 1. The summed E-state index contributed by atoms with van der Waals surface area (Å²) in [6.45, 7) is 1.14. The highest BCUT2D eigenvalue weighted by Gasteiger charge is 2.25. The van der Waals surface area contributed by atoms with E-state index < -0.39 is 0 Å². The smallest absolute Gasteiger partial charge is 0.105 e. The van der Waals surface area contributed by atoms with E-state index in [1.54, 1.807) is 6.26 Å². The first-order valence-electron chi connectivity index (χ1n) is 5.33. The van der Waals surface area contributed by atoms with E-state index >= 15 is 0 Å². The van der Waals surface area contributed by atoms with Gasteiger partial charge in [0.25, 0.3) is 0 Å². The monoisotopic (exact) mass is 226 g/mol. The molecule has 0 aliphatic carbocycles. The van der Waals surface area contributed by atoms with Crippen molar-refractivity contribution in [2.75, 3.05) is 25.1 Å². The van der Waals surface area contributed by atoms with Gasteiger partial charge >= 0.3 is 0 Å². The summed E-state index contributed by atoms with van der Waals surface area (Å²) in [6.07, 6.45) is 2.55. The lowest BCUT2D eigenvalue weighted by Gasteiger charge is -2.35. The number of rotatable bonds is 3. The van der Waals surface area contributed by atoms with E-state index in [0.717, 1.165) is 24.5 Å². The number of nitrogens with two attached hydrogens (primary N) is 1. The molecule has 2 unspecified atom stereocenters. The molecule has 1 saturated heterocycles. The molecule has 1 aliphatic heterocycles. The molecule has 0 bridgehead atoms. The van der Waals surface area contributed by atoms with Crippen molar-refractivity contribution in [1.29, 1.82) is 0 Å². The van der Waals surface area contributed by atoms with Gasteiger partial charge in [-0.15, -0.1) is 0 Å². The van der Waals surface area contributed by atoms with E-state index in [0.29, 0.717) is 6.04 Å². The maximum absolute atomic E-state index is 6.22. The molecule has 2 N–H and O–H groups in total. The van der Waals surface area contributed by atoms with Crippen molar-refractivity contribution in [1.82, 2.24) is 4.90 Å². The lowest BCUT2D eigenvalue weighted by molar-refractivity contribution is 0.231. The zero-order valence-electron chi connectivity index (χ0n) is 9.06. The average Bonchev–Trinajstić information content (AvgIpc) is 2.71. The number of furan rings is 1. The Morgan fingerprint density at radius 2 is 2.60 bits per heavy atom. The van der Waals surface area contributed by atoms with Crippen molar-refractivity contribution in [3.63, 3.8) is 0 Å². The first-order chi connectivity index (χ1) is 7.27. The molecular formula is C11H18N2OS. The van der Waals surface area contributed by atoms with Gasteiger partial charge in [0.15, 0.2) is 0 Å². The van der Waals surface area contributed by atoms with Crippen molar-refractivity contribution < 1.29 is 4.42 Å². The Morgan fingerprint density at radius 1 is 1.73 bits per heavy atom. The Labute approximate surface area is 95.0 Å². The molecule has 1 aromatic heterocycles. The normalized spacial score (nSPS) is 25.3. The summed E-state index contributed by atoms with van der Waals surface area (Å²) in [6, 6.07) is 4.57. The van der Waals surface area contributed by atoms with Gasteiger partial charge in [-0.1, -0.05) is 0 Å². The van der Waals surface area contributed by atoms with E-state index in [2.05, 4.69) is 11.9 Å². The molecule has 0 radical (unpaired) electrons. The highest BCUT2D eigenvalue weighted by atomic mass is 32.2. The van der Waals surface area contributed by atoms with Crippen LogP contribution in [-0.2, 0) is 6.42 Å². The second kappa shape index (κ2) is 5.05. The maximum atomic E-state index is 6.22. The van der Waals surface area contributed by atoms with Crippen LogP contribution >= 0.6 is 11.8 Å². The van der Waals surface area contributed by atoms with Gasteiger partial charge in [0.05, 0.1) is 6.26 Å². The summed E-state index contributed by atoms with van der Waals surface area (Å²) >= 11 is 2.00. The summed E-state index contributed by atoms with van der Waals surface area (Å²) < 4.78 is 5.32. The van der Waals surface area contributed by atoms with Crippen molar-refractivity contribution in [3.05, 3.63) is 24.2 Å². The number of nitrogens with zero attached hydrogens (tertiary/aromatic N) is 1. The molecule has 84 valence electrons. The first-order valence-corrected chi connectivity index (χ1v) is 6.49. The summed E-state index contributed by atoms with van der Waals surface area (Å²) in [7, 11) is 2.16. The van der Waals surface area contributed by atoms with Crippen LogP contribution in [0.4, 0.5) is 0 Å². The molecule has 2 rings (SSSR count). The summed E-state index contributed by atoms with van der Waals surface area (Å²) in [5.74, 6) is 3.35. The molecule has 4 heteroatoms. The van der Waals surface area contributed by atoms with Crippen molar-refractivity contribution in [3.8, 4) is 0 Å². The molecule has 0 spiro atoms. The van der Waals surface area contributed by atoms with Gasteiger partial charge in [-0.2, -0.15) is 11.8 Å². The van der Waals surface area contributed by atoms with Crippen molar-refractivity contribution >= 4 is 11.8 Å². The maximum Gasteiger partial charge on any atom is 0.105 e. The molecule has 1 aromatic rings. The minimum Gasteiger partial charge on any atom is -0.469 e. The zero-order valence-corrected chi connectivity index (χ0v) is 9.87.